The average molecular weight is 781 g/mol. The lowest BCUT2D eigenvalue weighted by Gasteiger charge is -2.05. The topological polar surface area (TPSA) is 340 Å². The number of carboxylic acid groups (broad SMARTS) is 4. The van der Waals surface area contributed by atoms with Crippen molar-refractivity contribution in [1.82, 2.24) is 0 Å². The lowest BCUT2D eigenvalue weighted by Crippen LogP contribution is -2.31. The Hall–Kier alpha value is -4.40. The molecule has 4 unspecified atom stereocenters. The minimum atomic E-state index is -1.02. The highest BCUT2D eigenvalue weighted by molar-refractivity contribution is 5.79. The maximum atomic E-state index is 10.4. The summed E-state index contributed by atoms with van der Waals surface area (Å²) in [4.78, 5) is 60.7. The van der Waals surface area contributed by atoms with E-state index in [-0.39, 0.29) is 13.0 Å². The smallest absolute Gasteiger partial charge is 0.320 e. The van der Waals surface area contributed by atoms with E-state index in [1.807, 2.05) is 41.5 Å². The number of hydrogen-bond donors (Lipinski definition) is 8. The number of hydrogen-bond acceptors (Lipinski definition) is 16. The van der Waals surface area contributed by atoms with Crippen LogP contribution in [0.2, 0.25) is 0 Å². The third kappa shape index (κ3) is 49.7. The van der Waals surface area contributed by atoms with Gasteiger partial charge in [0, 0.05) is 6.42 Å². The van der Waals surface area contributed by atoms with Crippen LogP contribution in [0.4, 0.5) is 0 Å². The van der Waals surface area contributed by atoms with Gasteiger partial charge in [-0.3, -0.25) is 19.2 Å². The van der Waals surface area contributed by atoms with Crippen molar-refractivity contribution in [3.8, 4) is 0 Å². The van der Waals surface area contributed by atoms with Crippen molar-refractivity contribution in [2.75, 3.05) is 26.4 Å². The van der Waals surface area contributed by atoms with E-state index in [9.17, 15) is 19.2 Å². The molecule has 0 aliphatic rings. The molecular formula is C34H68N8O12. The first-order valence-electron chi connectivity index (χ1n) is 17.6. The first-order valence-corrected chi connectivity index (χ1v) is 17.6. The Morgan fingerprint density at radius 2 is 0.630 bits per heavy atom. The second-order valence-electron chi connectivity index (χ2n) is 12.5. The van der Waals surface area contributed by atoms with Crippen molar-refractivity contribution >= 4 is 46.7 Å². The molecular weight excluding hydrogens is 712 g/mol. The van der Waals surface area contributed by atoms with Crippen LogP contribution in [0.1, 0.15) is 120 Å². The van der Waals surface area contributed by atoms with Crippen molar-refractivity contribution in [3.63, 3.8) is 0 Å². The minimum absolute atomic E-state index is 0.235. The Bertz CT molecular complexity index is 1120. The van der Waals surface area contributed by atoms with Crippen molar-refractivity contribution in [1.29, 1.82) is 0 Å². The number of carbonyl (C=O) groups is 4. The highest BCUT2D eigenvalue weighted by Crippen LogP contribution is 2.03. The Morgan fingerprint density at radius 1 is 0.389 bits per heavy atom. The van der Waals surface area contributed by atoms with Gasteiger partial charge >= 0.3 is 23.9 Å². The number of nitrogens with zero attached hydrogens (tertiary/aromatic N) is 4. The summed E-state index contributed by atoms with van der Waals surface area (Å²) in [6.45, 7) is 16.4. The Labute approximate surface area is 319 Å². The molecule has 0 heterocycles. The number of aliphatic carboxylic acids is 4. The van der Waals surface area contributed by atoms with E-state index in [4.69, 9.17) is 62.7 Å². The summed E-state index contributed by atoms with van der Waals surface area (Å²) in [5.41, 5.74) is 24.5. The highest BCUT2D eigenvalue weighted by Gasteiger charge is 2.12. The van der Waals surface area contributed by atoms with Crippen LogP contribution in [0.3, 0.4) is 0 Å². The third-order valence-corrected chi connectivity index (χ3v) is 5.78. The first-order chi connectivity index (χ1) is 25.1. The molecule has 20 heteroatoms. The van der Waals surface area contributed by atoms with Crippen LogP contribution in [0.15, 0.2) is 20.6 Å². The van der Waals surface area contributed by atoms with Gasteiger partial charge in [-0.15, -0.1) is 0 Å². The summed E-state index contributed by atoms with van der Waals surface area (Å²) in [6.07, 6.45) is 6.40. The normalized spacial score (nSPS) is 11.9. The van der Waals surface area contributed by atoms with Gasteiger partial charge in [0.2, 0.25) is 0 Å². The Kier molecular flexibility index (Phi) is 40.0. The lowest BCUT2D eigenvalue weighted by atomic mass is 10.1. The van der Waals surface area contributed by atoms with E-state index < -0.39 is 48.0 Å². The molecule has 316 valence electrons. The molecule has 0 saturated heterocycles. The molecule has 0 bridgehead atoms. The molecule has 0 aromatic heterocycles. The maximum Gasteiger partial charge on any atom is 0.320 e. The molecule has 0 aromatic carbocycles. The lowest BCUT2D eigenvalue weighted by molar-refractivity contribution is -0.139. The zero-order valence-corrected chi connectivity index (χ0v) is 33.4. The molecule has 12 N–H and O–H groups in total. The second kappa shape index (κ2) is 38.3. The van der Waals surface area contributed by atoms with Crippen LogP contribution in [0, 0.1) is 0 Å². The fourth-order valence-corrected chi connectivity index (χ4v) is 2.98. The monoisotopic (exact) mass is 780 g/mol. The molecule has 0 amide bonds. The second-order valence-corrected chi connectivity index (χ2v) is 12.5. The van der Waals surface area contributed by atoms with Crippen molar-refractivity contribution in [2.45, 2.75) is 144 Å². The standard InChI is InChI=1S/C10H20N2O3.C9H18N2O3.C8H16N2O3.C7H14N2O3/c1-8(2)12-15-7-5-3-4-6-9(11)10(13)14;1-7(2)11-14-6-4-3-5-8(10)9(12)13;1-6(2)10-13-5-3-4-7(9)8(11)12;1-5(2)9-12-4-3-6(8)7(10)11/h9H,3-7,11H2,1-2H3,(H,13,14);8H,3-6,10H2,1-2H3,(H,12,13);7H,3-5,9H2,1-2H3,(H,11,12);6H,3-4,8H2,1-2H3,(H,10,11). The maximum absolute atomic E-state index is 10.4. The highest BCUT2D eigenvalue weighted by atomic mass is 16.6. The molecule has 0 aliphatic carbocycles. The Morgan fingerprint density at radius 3 is 0.944 bits per heavy atom. The van der Waals surface area contributed by atoms with Crippen LogP contribution in [0.25, 0.3) is 0 Å². The van der Waals surface area contributed by atoms with Crippen LogP contribution >= 0.6 is 0 Å². The van der Waals surface area contributed by atoms with Crippen LogP contribution in [-0.2, 0) is 38.5 Å². The van der Waals surface area contributed by atoms with E-state index in [2.05, 4.69) is 20.6 Å². The van der Waals surface area contributed by atoms with Crippen LogP contribution in [0.5, 0.6) is 0 Å². The number of unbranched alkanes of at least 4 members (excludes halogenated alkanes) is 3. The van der Waals surface area contributed by atoms with Gasteiger partial charge in [-0.2, -0.15) is 0 Å². The molecule has 0 fully saturated rings. The van der Waals surface area contributed by atoms with E-state index >= 15 is 0 Å². The summed E-state index contributed by atoms with van der Waals surface area (Å²) in [5.74, 6) is -3.88. The van der Waals surface area contributed by atoms with Gasteiger partial charge in [0.1, 0.15) is 50.6 Å². The largest absolute Gasteiger partial charge is 0.480 e. The summed E-state index contributed by atoms with van der Waals surface area (Å²) < 4.78 is 0. The first kappa shape index (κ1) is 56.3. The Balaban J connectivity index is -0.000000310. The SMILES string of the molecule is CC(C)=NOCCC(N)C(=O)O.CC(C)=NOCCCC(N)C(=O)O.CC(C)=NOCCCCC(N)C(=O)O.CC(C)=NOCCCCCC(N)C(=O)O. The van der Waals surface area contributed by atoms with E-state index in [1.54, 1.807) is 13.8 Å². The van der Waals surface area contributed by atoms with Gasteiger partial charge in [0.15, 0.2) is 0 Å². The summed E-state index contributed by atoms with van der Waals surface area (Å²) >= 11 is 0. The van der Waals surface area contributed by atoms with Crippen molar-refractivity contribution in [2.24, 2.45) is 43.6 Å². The number of oxime groups is 4. The molecule has 0 radical (unpaired) electrons. The van der Waals surface area contributed by atoms with E-state index in [0.29, 0.717) is 45.5 Å². The quantitative estimate of drug-likeness (QED) is 0.0355. The summed E-state index contributed by atoms with van der Waals surface area (Å²) in [5, 5.41) is 48.7. The molecule has 0 rings (SSSR count). The number of carboxylic acids is 4. The van der Waals surface area contributed by atoms with Crippen LogP contribution in [-0.4, -0.2) is 118 Å². The zero-order valence-electron chi connectivity index (χ0n) is 33.4. The molecule has 0 aliphatic heterocycles. The summed E-state index contributed by atoms with van der Waals surface area (Å²) in [7, 11) is 0. The van der Waals surface area contributed by atoms with Gasteiger partial charge in [0.05, 0.1) is 22.8 Å². The minimum Gasteiger partial charge on any atom is -0.480 e. The number of rotatable bonds is 26. The fraction of sp³-hybridized carbons (Fsp3) is 0.765. The van der Waals surface area contributed by atoms with Gasteiger partial charge < -0.3 is 62.7 Å². The number of nitrogens with two attached hydrogens (primary N) is 4. The fourth-order valence-electron chi connectivity index (χ4n) is 2.98. The molecule has 0 spiro atoms. The predicted octanol–water partition coefficient (Wildman–Crippen LogP) is 3.14. The van der Waals surface area contributed by atoms with Crippen molar-refractivity contribution < 1.29 is 59.0 Å². The predicted molar refractivity (Wildman–Crippen MR) is 208 cm³/mol. The molecule has 54 heavy (non-hydrogen) atoms. The van der Waals surface area contributed by atoms with Gasteiger partial charge in [-0.1, -0.05) is 27.0 Å². The van der Waals surface area contributed by atoms with Gasteiger partial charge in [-0.25, -0.2) is 0 Å². The van der Waals surface area contributed by atoms with E-state index in [1.165, 1.54) is 0 Å². The van der Waals surface area contributed by atoms with Crippen molar-refractivity contribution in [3.05, 3.63) is 0 Å². The zero-order chi connectivity index (χ0) is 42.5. The molecule has 20 nitrogen and oxygen atoms in total. The summed E-state index contributed by atoms with van der Waals surface area (Å²) in [6, 6.07) is -3.15. The van der Waals surface area contributed by atoms with Gasteiger partial charge in [0.25, 0.3) is 0 Å². The molecule has 4 atom stereocenters. The average Bonchev–Trinajstić information content (AvgIpc) is 3.07. The molecule has 0 saturated carbocycles. The van der Waals surface area contributed by atoms with Gasteiger partial charge in [-0.05, 0) is 107 Å². The molecule has 0 aromatic rings. The van der Waals surface area contributed by atoms with Crippen LogP contribution < -0.4 is 22.9 Å². The third-order valence-electron chi connectivity index (χ3n) is 5.78. The van der Waals surface area contributed by atoms with E-state index in [0.717, 1.165) is 55.0 Å².